The van der Waals surface area contributed by atoms with Gasteiger partial charge in [0.05, 0.1) is 6.54 Å². The summed E-state index contributed by atoms with van der Waals surface area (Å²) in [6, 6.07) is 0.843. The van der Waals surface area contributed by atoms with Crippen LogP contribution in [0.1, 0.15) is 25.7 Å². The number of nitrogens with one attached hydrogen (secondary N) is 2. The van der Waals surface area contributed by atoms with Crippen LogP contribution in [0.5, 0.6) is 0 Å². The molecule has 2 aliphatic rings. The van der Waals surface area contributed by atoms with Gasteiger partial charge in [-0.3, -0.25) is 4.79 Å². The van der Waals surface area contributed by atoms with Crippen LogP contribution in [0.2, 0.25) is 0 Å². The maximum Gasteiger partial charge on any atom is 0.319 e. The molecule has 0 aromatic rings. The van der Waals surface area contributed by atoms with E-state index in [1.807, 2.05) is 4.90 Å². The van der Waals surface area contributed by atoms with Crippen LogP contribution in [0.15, 0.2) is 0 Å². The first-order valence-corrected chi connectivity index (χ1v) is 7.05. The van der Waals surface area contributed by atoms with Crippen LogP contribution in [-0.2, 0) is 4.79 Å². The molecule has 1 saturated carbocycles. The van der Waals surface area contributed by atoms with Crippen LogP contribution in [0.4, 0.5) is 4.79 Å². The van der Waals surface area contributed by atoms with Gasteiger partial charge in [0.15, 0.2) is 0 Å². The summed E-state index contributed by atoms with van der Waals surface area (Å²) in [5.41, 5.74) is 0. The van der Waals surface area contributed by atoms with E-state index < -0.39 is 0 Å². The van der Waals surface area contributed by atoms with Crippen molar-refractivity contribution in [3.63, 3.8) is 0 Å². The average Bonchev–Trinajstić information content (AvgIpc) is 3.20. The van der Waals surface area contributed by atoms with E-state index >= 15 is 0 Å². The number of hydrogen-bond acceptors (Lipinski definition) is 3. The summed E-state index contributed by atoms with van der Waals surface area (Å²) in [5, 5.41) is 6.24. The first kappa shape index (κ1) is 14.1. The van der Waals surface area contributed by atoms with Gasteiger partial charge in [-0.15, -0.1) is 0 Å². The predicted octanol–water partition coefficient (Wildman–Crippen LogP) is 0.000600. The average molecular weight is 268 g/mol. The zero-order chi connectivity index (χ0) is 13.8. The number of amides is 3. The maximum atomic E-state index is 11.8. The third kappa shape index (κ3) is 4.38. The summed E-state index contributed by atoms with van der Waals surface area (Å²) in [6.07, 6.45) is 4.07. The molecule has 2 rings (SSSR count). The van der Waals surface area contributed by atoms with E-state index in [4.69, 9.17) is 0 Å². The summed E-state index contributed by atoms with van der Waals surface area (Å²) in [7, 11) is 3.55. The van der Waals surface area contributed by atoms with Crippen molar-refractivity contribution in [2.24, 2.45) is 0 Å². The number of likely N-dealkylation sites (tertiary alicyclic amines) is 1. The molecule has 2 fully saturated rings. The van der Waals surface area contributed by atoms with Crippen molar-refractivity contribution in [2.45, 2.75) is 37.8 Å². The fourth-order valence-electron chi connectivity index (χ4n) is 2.30. The van der Waals surface area contributed by atoms with Gasteiger partial charge in [-0.25, -0.2) is 4.79 Å². The zero-order valence-corrected chi connectivity index (χ0v) is 11.8. The largest absolute Gasteiger partial charge is 0.352 e. The van der Waals surface area contributed by atoms with Gasteiger partial charge >= 0.3 is 6.03 Å². The molecule has 3 amide bonds. The first-order chi connectivity index (χ1) is 9.06. The van der Waals surface area contributed by atoms with Crippen molar-refractivity contribution >= 4 is 11.9 Å². The third-order valence-electron chi connectivity index (χ3n) is 3.64. The fourth-order valence-corrected chi connectivity index (χ4v) is 2.30. The second-order valence-corrected chi connectivity index (χ2v) is 5.66. The predicted molar refractivity (Wildman–Crippen MR) is 72.8 cm³/mol. The molecule has 2 N–H and O–H groups in total. The van der Waals surface area contributed by atoms with E-state index in [0.29, 0.717) is 18.6 Å². The lowest BCUT2D eigenvalue weighted by atomic mass is 10.1. The zero-order valence-electron chi connectivity index (χ0n) is 11.8. The van der Waals surface area contributed by atoms with Crippen LogP contribution < -0.4 is 10.6 Å². The Labute approximate surface area is 114 Å². The van der Waals surface area contributed by atoms with Gasteiger partial charge in [0, 0.05) is 39.3 Å². The SMILES string of the molecule is CN(C)C(=O)N1CCC(NCC(=O)NC2CC2)CC1. The molecule has 1 saturated heterocycles. The Morgan fingerprint density at radius 1 is 1.11 bits per heavy atom. The Balaban J connectivity index is 1.62. The lowest BCUT2D eigenvalue weighted by molar-refractivity contribution is -0.120. The highest BCUT2D eigenvalue weighted by molar-refractivity contribution is 5.78. The van der Waals surface area contributed by atoms with Crippen LogP contribution >= 0.6 is 0 Å². The molecule has 0 radical (unpaired) electrons. The summed E-state index contributed by atoms with van der Waals surface area (Å²) in [4.78, 5) is 26.8. The molecule has 0 spiro atoms. The third-order valence-corrected chi connectivity index (χ3v) is 3.64. The van der Waals surface area contributed by atoms with Gasteiger partial charge in [-0.2, -0.15) is 0 Å². The van der Waals surface area contributed by atoms with Gasteiger partial charge in [0.1, 0.15) is 0 Å². The van der Waals surface area contributed by atoms with Gasteiger partial charge in [-0.05, 0) is 25.7 Å². The molecule has 108 valence electrons. The number of urea groups is 1. The Kier molecular flexibility index (Phi) is 4.63. The second-order valence-electron chi connectivity index (χ2n) is 5.66. The highest BCUT2D eigenvalue weighted by atomic mass is 16.2. The van der Waals surface area contributed by atoms with Gasteiger partial charge in [-0.1, -0.05) is 0 Å². The molecule has 19 heavy (non-hydrogen) atoms. The number of carbonyl (C=O) groups excluding carboxylic acids is 2. The van der Waals surface area contributed by atoms with Crippen molar-refractivity contribution < 1.29 is 9.59 Å². The van der Waals surface area contributed by atoms with Crippen LogP contribution in [0.3, 0.4) is 0 Å². The molecule has 6 nitrogen and oxygen atoms in total. The summed E-state index contributed by atoms with van der Waals surface area (Å²) >= 11 is 0. The minimum Gasteiger partial charge on any atom is -0.352 e. The maximum absolute atomic E-state index is 11.8. The molecule has 1 aliphatic carbocycles. The highest BCUT2D eigenvalue weighted by Gasteiger charge is 2.25. The summed E-state index contributed by atoms with van der Waals surface area (Å²) in [5.74, 6) is 0.0919. The molecule has 0 aromatic heterocycles. The van der Waals surface area contributed by atoms with E-state index in [0.717, 1.165) is 38.8 Å². The quantitative estimate of drug-likeness (QED) is 0.754. The monoisotopic (exact) mass is 268 g/mol. The van der Waals surface area contributed by atoms with Crippen LogP contribution in [-0.4, -0.2) is 67.6 Å². The molecular formula is C13H24N4O2. The topological polar surface area (TPSA) is 64.7 Å². The van der Waals surface area contributed by atoms with Crippen molar-refractivity contribution in [1.82, 2.24) is 20.4 Å². The number of carbonyl (C=O) groups is 2. The van der Waals surface area contributed by atoms with Crippen molar-refractivity contribution in [3.05, 3.63) is 0 Å². The second kappa shape index (κ2) is 6.23. The Morgan fingerprint density at radius 3 is 2.26 bits per heavy atom. The lowest BCUT2D eigenvalue weighted by Gasteiger charge is -2.33. The number of hydrogen-bond donors (Lipinski definition) is 2. The Hall–Kier alpha value is -1.30. The van der Waals surface area contributed by atoms with Crippen LogP contribution in [0, 0.1) is 0 Å². The summed E-state index contributed by atoms with van der Waals surface area (Å²) < 4.78 is 0. The van der Waals surface area contributed by atoms with Gasteiger partial charge < -0.3 is 20.4 Å². The molecule has 1 aliphatic heterocycles. The van der Waals surface area contributed by atoms with E-state index in [1.165, 1.54) is 0 Å². The van der Waals surface area contributed by atoms with E-state index in [-0.39, 0.29) is 11.9 Å². The molecule has 0 aromatic carbocycles. The van der Waals surface area contributed by atoms with E-state index in [9.17, 15) is 9.59 Å². The first-order valence-electron chi connectivity index (χ1n) is 7.05. The number of nitrogens with zero attached hydrogens (tertiary/aromatic N) is 2. The molecular weight excluding hydrogens is 244 g/mol. The van der Waals surface area contributed by atoms with Gasteiger partial charge in [0.25, 0.3) is 0 Å². The van der Waals surface area contributed by atoms with Crippen molar-refractivity contribution in [1.29, 1.82) is 0 Å². The van der Waals surface area contributed by atoms with E-state index in [2.05, 4.69) is 10.6 Å². The van der Waals surface area contributed by atoms with Crippen LogP contribution in [0.25, 0.3) is 0 Å². The van der Waals surface area contributed by atoms with E-state index in [1.54, 1.807) is 19.0 Å². The van der Waals surface area contributed by atoms with Crippen molar-refractivity contribution in [3.8, 4) is 0 Å². The van der Waals surface area contributed by atoms with Gasteiger partial charge in [0.2, 0.25) is 5.91 Å². The lowest BCUT2D eigenvalue weighted by Crippen LogP contribution is -2.49. The Bertz CT molecular complexity index is 334. The molecule has 0 bridgehead atoms. The molecule has 0 atom stereocenters. The summed E-state index contributed by atoms with van der Waals surface area (Å²) in [6.45, 7) is 1.92. The number of piperidine rings is 1. The molecule has 6 heteroatoms. The van der Waals surface area contributed by atoms with Crippen molar-refractivity contribution in [2.75, 3.05) is 33.7 Å². The normalized spacial score (nSPS) is 20.2. The minimum absolute atomic E-state index is 0.0740. The standard InChI is InChI=1S/C13H24N4O2/c1-16(2)13(19)17-7-5-10(6-8-17)14-9-12(18)15-11-3-4-11/h10-11,14H,3-9H2,1-2H3,(H,15,18). The fraction of sp³-hybridized carbons (Fsp3) is 0.846. The molecule has 0 unspecified atom stereocenters. The Morgan fingerprint density at radius 2 is 1.74 bits per heavy atom. The smallest absolute Gasteiger partial charge is 0.319 e. The molecule has 1 heterocycles. The highest BCUT2D eigenvalue weighted by Crippen LogP contribution is 2.18. The number of rotatable bonds is 4. The minimum atomic E-state index is 0.0740.